The molecule has 0 radical (unpaired) electrons. The third kappa shape index (κ3) is 5.05. The molecular formula is C17H26N2O2. The molecule has 0 unspecified atom stereocenters. The Labute approximate surface area is 127 Å². The molecule has 1 aliphatic heterocycles. The summed E-state index contributed by atoms with van der Waals surface area (Å²) in [5.41, 5.74) is 2.38. The molecule has 0 saturated carbocycles. The molecule has 1 amide bonds. The summed E-state index contributed by atoms with van der Waals surface area (Å²) in [7, 11) is 0. The standard InChI is InChI=1S/C17H26N2O2/c1-14-6-7-15(2)16(13-14)21-12-4-3-5-17(20)19-10-8-18-9-11-19/h6-7,13,18H,3-5,8-12H2,1-2H3. The lowest BCUT2D eigenvalue weighted by molar-refractivity contribution is -0.131. The van der Waals surface area contributed by atoms with Gasteiger partial charge in [-0.1, -0.05) is 12.1 Å². The van der Waals surface area contributed by atoms with E-state index < -0.39 is 0 Å². The first-order chi connectivity index (χ1) is 10.2. The van der Waals surface area contributed by atoms with Crippen molar-refractivity contribution in [2.24, 2.45) is 0 Å². The fourth-order valence-corrected chi connectivity index (χ4v) is 2.50. The largest absolute Gasteiger partial charge is 0.493 e. The Kier molecular flexibility index (Phi) is 6.05. The molecule has 0 spiro atoms. The van der Waals surface area contributed by atoms with Crippen LogP contribution < -0.4 is 10.1 Å². The second-order valence-electron chi connectivity index (χ2n) is 5.71. The maximum Gasteiger partial charge on any atom is 0.222 e. The van der Waals surface area contributed by atoms with Crippen LogP contribution in [0.5, 0.6) is 5.75 Å². The summed E-state index contributed by atoms with van der Waals surface area (Å²) >= 11 is 0. The molecule has 21 heavy (non-hydrogen) atoms. The Hall–Kier alpha value is -1.55. The van der Waals surface area contributed by atoms with E-state index in [1.54, 1.807) is 0 Å². The van der Waals surface area contributed by atoms with Crippen LogP contribution in [0.4, 0.5) is 0 Å². The number of piperazine rings is 1. The Balaban J connectivity index is 1.63. The SMILES string of the molecule is Cc1ccc(C)c(OCCCCC(=O)N2CCNCC2)c1. The van der Waals surface area contributed by atoms with Crippen molar-refractivity contribution in [1.29, 1.82) is 0 Å². The van der Waals surface area contributed by atoms with Gasteiger partial charge in [-0.3, -0.25) is 4.79 Å². The van der Waals surface area contributed by atoms with E-state index in [9.17, 15) is 4.79 Å². The number of ether oxygens (including phenoxy) is 1. The van der Waals surface area contributed by atoms with Gasteiger partial charge in [0.05, 0.1) is 6.61 Å². The molecule has 1 fully saturated rings. The van der Waals surface area contributed by atoms with E-state index >= 15 is 0 Å². The molecule has 1 heterocycles. The third-order valence-electron chi connectivity index (χ3n) is 3.86. The number of hydrogen-bond donors (Lipinski definition) is 1. The summed E-state index contributed by atoms with van der Waals surface area (Å²) in [4.78, 5) is 13.9. The number of rotatable bonds is 6. The highest BCUT2D eigenvalue weighted by Crippen LogP contribution is 2.19. The smallest absolute Gasteiger partial charge is 0.222 e. The molecule has 0 aromatic heterocycles. The van der Waals surface area contributed by atoms with Crippen molar-refractivity contribution < 1.29 is 9.53 Å². The molecule has 4 heteroatoms. The number of benzene rings is 1. The Bertz CT molecular complexity index is 468. The summed E-state index contributed by atoms with van der Waals surface area (Å²) in [5.74, 6) is 1.24. The van der Waals surface area contributed by atoms with Crippen LogP contribution in [-0.4, -0.2) is 43.6 Å². The summed E-state index contributed by atoms with van der Waals surface area (Å²) in [6.45, 7) is 8.33. The first kappa shape index (κ1) is 15.8. The average molecular weight is 290 g/mol. The van der Waals surface area contributed by atoms with Crippen molar-refractivity contribution in [2.75, 3.05) is 32.8 Å². The number of unbranched alkanes of at least 4 members (excludes halogenated alkanes) is 1. The van der Waals surface area contributed by atoms with E-state index in [1.165, 1.54) is 5.56 Å². The van der Waals surface area contributed by atoms with Crippen LogP contribution in [-0.2, 0) is 4.79 Å². The molecule has 0 bridgehead atoms. The summed E-state index contributed by atoms with van der Waals surface area (Å²) in [5, 5.41) is 3.26. The first-order valence-corrected chi connectivity index (χ1v) is 7.85. The fourth-order valence-electron chi connectivity index (χ4n) is 2.50. The minimum Gasteiger partial charge on any atom is -0.493 e. The van der Waals surface area contributed by atoms with Crippen molar-refractivity contribution in [3.05, 3.63) is 29.3 Å². The lowest BCUT2D eigenvalue weighted by atomic mass is 10.1. The van der Waals surface area contributed by atoms with Crippen LogP contribution >= 0.6 is 0 Å². The molecule has 0 atom stereocenters. The van der Waals surface area contributed by atoms with Crippen molar-refractivity contribution in [3.8, 4) is 5.75 Å². The Morgan fingerprint density at radius 3 is 2.76 bits per heavy atom. The number of carbonyl (C=O) groups excluding carboxylic acids is 1. The van der Waals surface area contributed by atoms with E-state index in [0.717, 1.165) is 50.3 Å². The van der Waals surface area contributed by atoms with E-state index in [1.807, 2.05) is 4.90 Å². The van der Waals surface area contributed by atoms with Crippen molar-refractivity contribution in [3.63, 3.8) is 0 Å². The molecule has 1 aromatic carbocycles. The molecule has 1 aliphatic rings. The van der Waals surface area contributed by atoms with Crippen LogP contribution in [0.1, 0.15) is 30.4 Å². The lowest BCUT2D eigenvalue weighted by Gasteiger charge is -2.27. The molecule has 116 valence electrons. The highest BCUT2D eigenvalue weighted by atomic mass is 16.5. The monoisotopic (exact) mass is 290 g/mol. The van der Waals surface area contributed by atoms with Crippen molar-refractivity contribution >= 4 is 5.91 Å². The van der Waals surface area contributed by atoms with Gasteiger partial charge in [0.2, 0.25) is 5.91 Å². The minimum atomic E-state index is 0.281. The zero-order valence-electron chi connectivity index (χ0n) is 13.2. The number of carbonyl (C=O) groups is 1. The predicted octanol–water partition coefficient (Wildman–Crippen LogP) is 2.28. The normalized spacial score (nSPS) is 15.0. The van der Waals surface area contributed by atoms with Gasteiger partial charge in [-0.2, -0.15) is 0 Å². The maximum absolute atomic E-state index is 12.0. The van der Waals surface area contributed by atoms with Crippen LogP contribution in [0.3, 0.4) is 0 Å². The van der Waals surface area contributed by atoms with Gasteiger partial charge in [0.15, 0.2) is 0 Å². The highest BCUT2D eigenvalue weighted by molar-refractivity contribution is 5.76. The van der Waals surface area contributed by atoms with Crippen LogP contribution in [0.15, 0.2) is 18.2 Å². The van der Waals surface area contributed by atoms with Gasteiger partial charge in [0.25, 0.3) is 0 Å². The second-order valence-corrected chi connectivity index (χ2v) is 5.71. The number of aryl methyl sites for hydroxylation is 2. The zero-order chi connectivity index (χ0) is 15.1. The van der Waals surface area contributed by atoms with Crippen LogP contribution in [0, 0.1) is 13.8 Å². The number of nitrogens with zero attached hydrogens (tertiary/aromatic N) is 1. The minimum absolute atomic E-state index is 0.281. The molecule has 4 nitrogen and oxygen atoms in total. The molecule has 1 saturated heterocycles. The van der Waals surface area contributed by atoms with E-state index in [0.29, 0.717) is 13.0 Å². The maximum atomic E-state index is 12.0. The number of nitrogens with one attached hydrogen (secondary N) is 1. The van der Waals surface area contributed by atoms with Gasteiger partial charge in [-0.15, -0.1) is 0 Å². The van der Waals surface area contributed by atoms with E-state index in [2.05, 4.69) is 37.4 Å². The zero-order valence-corrected chi connectivity index (χ0v) is 13.2. The quantitative estimate of drug-likeness (QED) is 0.817. The van der Waals surface area contributed by atoms with Crippen molar-refractivity contribution in [1.82, 2.24) is 10.2 Å². The van der Waals surface area contributed by atoms with Crippen LogP contribution in [0.25, 0.3) is 0 Å². The molecule has 0 aliphatic carbocycles. The first-order valence-electron chi connectivity index (χ1n) is 7.85. The molecular weight excluding hydrogens is 264 g/mol. The second kappa shape index (κ2) is 8.03. The summed E-state index contributed by atoms with van der Waals surface area (Å²) < 4.78 is 5.81. The Morgan fingerprint density at radius 1 is 1.24 bits per heavy atom. The van der Waals surface area contributed by atoms with Gasteiger partial charge in [0, 0.05) is 32.6 Å². The number of hydrogen-bond acceptors (Lipinski definition) is 3. The summed E-state index contributed by atoms with van der Waals surface area (Å²) in [6, 6.07) is 6.24. The van der Waals surface area contributed by atoms with Gasteiger partial charge in [-0.05, 0) is 43.9 Å². The van der Waals surface area contributed by atoms with Crippen LogP contribution in [0.2, 0.25) is 0 Å². The molecule has 1 aromatic rings. The van der Waals surface area contributed by atoms with E-state index in [-0.39, 0.29) is 5.91 Å². The third-order valence-corrected chi connectivity index (χ3v) is 3.86. The van der Waals surface area contributed by atoms with Gasteiger partial charge in [-0.25, -0.2) is 0 Å². The van der Waals surface area contributed by atoms with Gasteiger partial charge >= 0.3 is 0 Å². The fraction of sp³-hybridized carbons (Fsp3) is 0.588. The van der Waals surface area contributed by atoms with E-state index in [4.69, 9.17) is 4.74 Å². The van der Waals surface area contributed by atoms with Crippen molar-refractivity contribution in [2.45, 2.75) is 33.1 Å². The summed E-state index contributed by atoms with van der Waals surface area (Å²) in [6.07, 6.45) is 2.45. The highest BCUT2D eigenvalue weighted by Gasteiger charge is 2.15. The molecule has 2 rings (SSSR count). The number of amides is 1. The van der Waals surface area contributed by atoms with Gasteiger partial charge in [0.1, 0.15) is 5.75 Å². The Morgan fingerprint density at radius 2 is 2.00 bits per heavy atom. The lowest BCUT2D eigenvalue weighted by Crippen LogP contribution is -2.46. The average Bonchev–Trinajstić information content (AvgIpc) is 2.51. The predicted molar refractivity (Wildman–Crippen MR) is 84.7 cm³/mol. The van der Waals surface area contributed by atoms with Gasteiger partial charge < -0.3 is 15.0 Å². The molecule has 1 N–H and O–H groups in total. The topological polar surface area (TPSA) is 41.6 Å².